The highest BCUT2D eigenvalue weighted by molar-refractivity contribution is 5.36. The summed E-state index contributed by atoms with van der Waals surface area (Å²) in [6.45, 7) is 10.9. The highest BCUT2D eigenvalue weighted by Gasteiger charge is 2.06. The number of alkyl halides is 1. The Bertz CT molecular complexity index is 241. The van der Waals surface area contributed by atoms with Gasteiger partial charge in [0.2, 0.25) is 0 Å². The van der Waals surface area contributed by atoms with Crippen molar-refractivity contribution in [2.24, 2.45) is 5.92 Å². The Morgan fingerprint density at radius 1 is 1.40 bits per heavy atom. The summed E-state index contributed by atoms with van der Waals surface area (Å²) >= 11 is 0. The smallest absolute Gasteiger partial charge is 0.102 e. The van der Waals surface area contributed by atoms with Crippen LogP contribution in [0.15, 0.2) is 36.0 Å². The molecular formula is C13H22FN. The third-order valence-corrected chi connectivity index (χ3v) is 2.16. The summed E-state index contributed by atoms with van der Waals surface area (Å²) in [5.41, 5.74) is 2.35. The van der Waals surface area contributed by atoms with Crippen LogP contribution >= 0.6 is 0 Å². The molecule has 1 aliphatic rings. The Hall–Kier alpha value is -0.890. The fourth-order valence-corrected chi connectivity index (χ4v) is 1.27. The molecule has 0 radical (unpaired) electrons. The second-order valence-electron chi connectivity index (χ2n) is 3.30. The van der Waals surface area contributed by atoms with Gasteiger partial charge in [-0.3, -0.25) is 0 Å². The zero-order chi connectivity index (χ0) is 11.7. The lowest BCUT2D eigenvalue weighted by molar-refractivity contribution is 0.474. The molecule has 1 unspecified atom stereocenters. The van der Waals surface area contributed by atoms with E-state index in [1.54, 1.807) is 0 Å². The minimum absolute atomic E-state index is 0.306. The van der Waals surface area contributed by atoms with Crippen LogP contribution in [-0.4, -0.2) is 19.8 Å². The third-order valence-electron chi connectivity index (χ3n) is 2.16. The first-order chi connectivity index (χ1) is 7.24. The van der Waals surface area contributed by atoms with E-state index in [9.17, 15) is 4.39 Å². The van der Waals surface area contributed by atoms with Crippen molar-refractivity contribution in [1.82, 2.24) is 5.32 Å². The minimum atomic E-state index is -0.306. The highest BCUT2D eigenvalue weighted by Crippen LogP contribution is 2.19. The van der Waals surface area contributed by atoms with E-state index in [4.69, 9.17) is 0 Å². The molecule has 0 spiro atoms. The van der Waals surface area contributed by atoms with Gasteiger partial charge >= 0.3 is 0 Å². The zero-order valence-corrected chi connectivity index (χ0v) is 10.0. The first kappa shape index (κ1) is 14.1. The lowest BCUT2D eigenvalue weighted by atomic mass is 9.94. The molecule has 0 aromatic rings. The van der Waals surface area contributed by atoms with Crippen molar-refractivity contribution in [3.05, 3.63) is 36.0 Å². The van der Waals surface area contributed by atoms with Crippen molar-refractivity contribution >= 4 is 0 Å². The molecule has 0 saturated heterocycles. The number of allylic oxidation sites excluding steroid dienone is 3. The van der Waals surface area contributed by atoms with Gasteiger partial charge in [-0.25, -0.2) is 4.39 Å². The fraction of sp³-hybridized carbons (Fsp3) is 0.538. The average Bonchev–Trinajstić information content (AvgIpc) is 2.27. The number of hydrogen-bond donors (Lipinski definition) is 1. The fourth-order valence-electron chi connectivity index (χ4n) is 1.27. The van der Waals surface area contributed by atoms with Crippen LogP contribution in [0.1, 0.15) is 20.8 Å². The van der Waals surface area contributed by atoms with Crippen LogP contribution in [0.5, 0.6) is 0 Å². The van der Waals surface area contributed by atoms with Crippen molar-refractivity contribution in [2.45, 2.75) is 20.8 Å². The first-order valence-electron chi connectivity index (χ1n) is 5.58. The van der Waals surface area contributed by atoms with E-state index in [-0.39, 0.29) is 6.67 Å². The maximum Gasteiger partial charge on any atom is 0.102 e. The second kappa shape index (κ2) is 8.42. The SMILES string of the molecule is C=C1C=CC(CNCCF)=CC1C.CC. The van der Waals surface area contributed by atoms with Gasteiger partial charge in [-0.15, -0.1) is 0 Å². The van der Waals surface area contributed by atoms with Gasteiger partial charge in [-0.1, -0.05) is 45.6 Å². The van der Waals surface area contributed by atoms with Gasteiger partial charge in [-0.05, 0) is 17.1 Å². The Kier molecular flexibility index (Phi) is 7.92. The molecule has 0 aromatic carbocycles. The van der Waals surface area contributed by atoms with Crippen LogP contribution in [0.25, 0.3) is 0 Å². The van der Waals surface area contributed by atoms with E-state index in [0.717, 1.165) is 12.1 Å². The first-order valence-corrected chi connectivity index (χ1v) is 5.58. The van der Waals surface area contributed by atoms with Gasteiger partial charge in [0.25, 0.3) is 0 Å². The highest BCUT2D eigenvalue weighted by atomic mass is 19.1. The van der Waals surface area contributed by atoms with E-state index in [1.165, 1.54) is 5.57 Å². The standard InChI is InChI=1S/C11H16FN.C2H6/c1-9-3-4-11(7-10(9)2)8-13-6-5-12;1-2/h3-4,7,10,13H,1,5-6,8H2,2H3;1-2H3. The van der Waals surface area contributed by atoms with Gasteiger partial charge in [-0.2, -0.15) is 0 Å². The molecular weight excluding hydrogens is 189 g/mol. The van der Waals surface area contributed by atoms with Crippen molar-refractivity contribution in [3.63, 3.8) is 0 Å². The monoisotopic (exact) mass is 211 g/mol. The van der Waals surface area contributed by atoms with Gasteiger partial charge < -0.3 is 5.32 Å². The maximum absolute atomic E-state index is 11.8. The molecule has 0 amide bonds. The minimum Gasteiger partial charge on any atom is -0.310 e. The number of hydrogen-bond acceptors (Lipinski definition) is 1. The molecule has 1 N–H and O–H groups in total. The third kappa shape index (κ3) is 5.53. The molecule has 0 saturated carbocycles. The van der Waals surface area contributed by atoms with Gasteiger partial charge in [0.15, 0.2) is 0 Å². The molecule has 0 bridgehead atoms. The van der Waals surface area contributed by atoms with E-state index in [0.29, 0.717) is 12.5 Å². The van der Waals surface area contributed by atoms with E-state index in [2.05, 4.69) is 24.9 Å². The summed E-state index contributed by atoms with van der Waals surface area (Å²) in [7, 11) is 0. The molecule has 1 aliphatic carbocycles. The summed E-state index contributed by atoms with van der Waals surface area (Å²) < 4.78 is 11.8. The normalized spacial score (nSPS) is 19.3. The summed E-state index contributed by atoms with van der Waals surface area (Å²) in [5, 5.41) is 3.02. The van der Waals surface area contributed by atoms with Crippen molar-refractivity contribution < 1.29 is 4.39 Å². The molecule has 2 heteroatoms. The Morgan fingerprint density at radius 3 is 2.60 bits per heavy atom. The van der Waals surface area contributed by atoms with Crippen molar-refractivity contribution in [1.29, 1.82) is 0 Å². The lowest BCUT2D eigenvalue weighted by Gasteiger charge is -2.14. The predicted octanol–water partition coefficient (Wildman–Crippen LogP) is 3.26. The molecule has 15 heavy (non-hydrogen) atoms. The molecule has 0 fully saturated rings. The van der Waals surface area contributed by atoms with E-state index < -0.39 is 0 Å². The van der Waals surface area contributed by atoms with Crippen LogP contribution in [-0.2, 0) is 0 Å². The zero-order valence-electron chi connectivity index (χ0n) is 10.0. The largest absolute Gasteiger partial charge is 0.310 e. The summed E-state index contributed by atoms with van der Waals surface area (Å²) in [4.78, 5) is 0. The quantitative estimate of drug-likeness (QED) is 0.704. The molecule has 0 heterocycles. The molecule has 1 nitrogen and oxygen atoms in total. The van der Waals surface area contributed by atoms with Crippen molar-refractivity contribution in [2.75, 3.05) is 19.8 Å². The van der Waals surface area contributed by atoms with Crippen LogP contribution in [0.4, 0.5) is 4.39 Å². The molecule has 0 aromatic heterocycles. The van der Waals surface area contributed by atoms with Gasteiger partial charge in [0, 0.05) is 13.1 Å². The maximum atomic E-state index is 11.8. The van der Waals surface area contributed by atoms with E-state index in [1.807, 2.05) is 26.0 Å². The van der Waals surface area contributed by atoms with Crippen LogP contribution in [0, 0.1) is 5.92 Å². The van der Waals surface area contributed by atoms with Crippen molar-refractivity contribution in [3.8, 4) is 0 Å². The predicted molar refractivity (Wildman–Crippen MR) is 65.7 cm³/mol. The van der Waals surface area contributed by atoms with Gasteiger partial charge in [0.05, 0.1) is 0 Å². The Labute approximate surface area is 92.8 Å². The van der Waals surface area contributed by atoms with Crippen LogP contribution in [0.3, 0.4) is 0 Å². The number of nitrogens with one attached hydrogen (secondary N) is 1. The summed E-state index contributed by atoms with van der Waals surface area (Å²) in [6, 6.07) is 0. The topological polar surface area (TPSA) is 12.0 Å². The average molecular weight is 211 g/mol. The molecule has 1 atom stereocenters. The Morgan fingerprint density at radius 2 is 2.07 bits per heavy atom. The Balaban J connectivity index is 0.000000921. The molecule has 0 aliphatic heterocycles. The van der Waals surface area contributed by atoms with Gasteiger partial charge in [0.1, 0.15) is 6.67 Å². The molecule has 1 rings (SSSR count). The molecule has 86 valence electrons. The second-order valence-corrected chi connectivity index (χ2v) is 3.30. The summed E-state index contributed by atoms with van der Waals surface area (Å²) in [6.07, 6.45) is 6.22. The lowest BCUT2D eigenvalue weighted by Crippen LogP contribution is -2.20. The summed E-state index contributed by atoms with van der Waals surface area (Å²) in [5.74, 6) is 0.409. The van der Waals surface area contributed by atoms with E-state index >= 15 is 0 Å². The number of halogens is 1. The van der Waals surface area contributed by atoms with Crippen LogP contribution in [0.2, 0.25) is 0 Å². The van der Waals surface area contributed by atoms with Crippen LogP contribution < -0.4 is 5.32 Å². The number of rotatable bonds is 4.